The Labute approximate surface area is 173 Å². The third-order valence-corrected chi connectivity index (χ3v) is 6.22. The monoisotopic (exact) mass is 437 g/mol. The molecule has 3 rings (SSSR count). The molecule has 2 aromatic rings. The Morgan fingerprint density at radius 2 is 1.90 bits per heavy atom. The summed E-state index contributed by atoms with van der Waals surface area (Å²) in [4.78, 5) is 25.4. The quantitative estimate of drug-likeness (QED) is 0.726. The van der Waals surface area contributed by atoms with Crippen LogP contribution in [0.1, 0.15) is 25.8 Å². The molecule has 1 unspecified atom stereocenters. The third kappa shape index (κ3) is 4.65. The molecule has 1 aliphatic heterocycles. The lowest BCUT2D eigenvalue weighted by atomic mass is 10.1. The average molecular weight is 437 g/mol. The normalized spacial score (nSPS) is 15.7. The van der Waals surface area contributed by atoms with Gasteiger partial charge >= 0.3 is 0 Å². The summed E-state index contributed by atoms with van der Waals surface area (Å²) < 4.78 is 53.9. The Morgan fingerprint density at radius 1 is 1.17 bits per heavy atom. The van der Waals surface area contributed by atoms with Crippen molar-refractivity contribution in [2.24, 2.45) is 0 Å². The first-order chi connectivity index (χ1) is 14.1. The van der Waals surface area contributed by atoms with E-state index in [0.717, 1.165) is 17.7 Å². The molecule has 1 aliphatic rings. The van der Waals surface area contributed by atoms with Gasteiger partial charge in [-0.15, -0.1) is 0 Å². The molecule has 2 N–H and O–H groups in total. The van der Waals surface area contributed by atoms with Crippen LogP contribution >= 0.6 is 0 Å². The summed E-state index contributed by atoms with van der Waals surface area (Å²) in [5, 5.41) is 2.26. The van der Waals surface area contributed by atoms with Crippen molar-refractivity contribution in [3.8, 4) is 0 Å². The summed E-state index contributed by atoms with van der Waals surface area (Å²) in [6.07, 6.45) is 0.306. The van der Waals surface area contributed by atoms with Gasteiger partial charge in [0.15, 0.2) is 0 Å². The number of rotatable bonds is 6. The molecule has 160 valence electrons. The summed E-state index contributed by atoms with van der Waals surface area (Å²) in [5.41, 5.74) is 1.26. The highest BCUT2D eigenvalue weighted by Gasteiger charge is 2.30. The molecule has 1 atom stereocenters. The Balaban J connectivity index is 1.61. The highest BCUT2D eigenvalue weighted by atomic mass is 32.2. The van der Waals surface area contributed by atoms with Crippen LogP contribution in [-0.4, -0.2) is 32.8 Å². The van der Waals surface area contributed by atoms with Gasteiger partial charge in [-0.25, -0.2) is 21.9 Å². The van der Waals surface area contributed by atoms with Gasteiger partial charge in [-0.05, 0) is 49.2 Å². The molecule has 30 heavy (non-hydrogen) atoms. The zero-order chi connectivity index (χ0) is 22.1. The molecule has 0 aromatic heterocycles. The van der Waals surface area contributed by atoms with Crippen LogP contribution in [-0.2, 0) is 26.0 Å². The van der Waals surface area contributed by atoms with Crippen LogP contribution in [0.2, 0.25) is 0 Å². The molecule has 7 nitrogen and oxygen atoms in total. The van der Waals surface area contributed by atoms with Gasteiger partial charge in [0.05, 0.1) is 10.6 Å². The number of carbonyl (C=O) groups is 2. The van der Waals surface area contributed by atoms with Crippen LogP contribution in [0.15, 0.2) is 41.3 Å². The fourth-order valence-corrected chi connectivity index (χ4v) is 4.52. The Bertz CT molecular complexity index is 1110. The van der Waals surface area contributed by atoms with Crippen LogP contribution < -0.4 is 14.9 Å². The van der Waals surface area contributed by atoms with Gasteiger partial charge in [0, 0.05) is 37.7 Å². The number of anilines is 2. The van der Waals surface area contributed by atoms with Crippen molar-refractivity contribution in [3.05, 3.63) is 53.6 Å². The maximum Gasteiger partial charge on any atom is 0.240 e. The summed E-state index contributed by atoms with van der Waals surface area (Å²) in [5.74, 6) is -2.43. The fraction of sp³-hybridized carbons (Fsp3) is 0.300. The van der Waals surface area contributed by atoms with Crippen LogP contribution in [0, 0.1) is 11.6 Å². The lowest BCUT2D eigenvalue weighted by Gasteiger charge is -2.20. The second-order valence-corrected chi connectivity index (χ2v) is 8.82. The minimum atomic E-state index is -3.88. The van der Waals surface area contributed by atoms with Crippen LogP contribution in [0.3, 0.4) is 0 Å². The van der Waals surface area contributed by atoms with E-state index in [2.05, 4.69) is 10.0 Å². The summed E-state index contributed by atoms with van der Waals surface area (Å²) >= 11 is 0. The maximum atomic E-state index is 13.6. The lowest BCUT2D eigenvalue weighted by molar-refractivity contribution is -0.117. The second kappa shape index (κ2) is 8.49. The number of benzene rings is 2. The molecule has 1 heterocycles. The third-order valence-electron chi connectivity index (χ3n) is 4.77. The van der Waals surface area contributed by atoms with Crippen LogP contribution in [0.25, 0.3) is 0 Å². The first-order valence-electron chi connectivity index (χ1n) is 9.26. The Kier molecular flexibility index (Phi) is 6.18. The molecule has 2 aromatic carbocycles. The molecule has 0 radical (unpaired) electrons. The lowest BCUT2D eigenvalue weighted by Crippen LogP contribution is -2.33. The molecular weight excluding hydrogens is 416 g/mol. The molecule has 0 spiro atoms. The number of carbonyl (C=O) groups excluding carboxylic acids is 2. The first kappa shape index (κ1) is 21.8. The standard InChI is InChI=1S/C20H21F2N3O4S/c1-12-9-14-10-16(4-6-19(14)25(12)13(2)26)30(28,29)23-8-7-20(27)24-18-5-3-15(21)11-17(18)22/h3-6,10-12,23H,7-9H2,1-2H3,(H,24,27). The molecular formula is C20H21F2N3O4S. The van der Waals surface area contributed by atoms with Gasteiger partial charge in [-0.2, -0.15) is 0 Å². The number of nitrogens with one attached hydrogen (secondary N) is 2. The van der Waals surface area contributed by atoms with E-state index >= 15 is 0 Å². The second-order valence-electron chi connectivity index (χ2n) is 7.05. The molecule has 0 bridgehead atoms. The van der Waals surface area contributed by atoms with Crippen molar-refractivity contribution in [1.29, 1.82) is 0 Å². The number of fused-ring (bicyclic) bond motifs is 1. The van der Waals surface area contributed by atoms with Gasteiger partial charge in [0.25, 0.3) is 0 Å². The SMILES string of the molecule is CC(=O)N1c2ccc(S(=O)(=O)NCCC(=O)Nc3ccc(F)cc3F)cc2CC1C. The number of amides is 2. The maximum absolute atomic E-state index is 13.6. The molecule has 2 amide bonds. The highest BCUT2D eigenvalue weighted by Crippen LogP contribution is 2.33. The van der Waals surface area contributed by atoms with E-state index in [1.165, 1.54) is 19.1 Å². The Hall–Kier alpha value is -2.85. The van der Waals surface area contributed by atoms with E-state index < -0.39 is 27.6 Å². The van der Waals surface area contributed by atoms with E-state index in [9.17, 15) is 26.8 Å². The van der Waals surface area contributed by atoms with Crippen LogP contribution in [0.5, 0.6) is 0 Å². The van der Waals surface area contributed by atoms with E-state index in [4.69, 9.17) is 0 Å². The van der Waals surface area contributed by atoms with E-state index in [-0.39, 0.29) is 35.5 Å². The largest absolute Gasteiger partial charge is 0.324 e. The average Bonchev–Trinajstić information content (AvgIpc) is 2.99. The number of hydrogen-bond donors (Lipinski definition) is 2. The predicted octanol–water partition coefficient (Wildman–Crippen LogP) is 2.57. The van der Waals surface area contributed by atoms with Gasteiger partial charge < -0.3 is 10.2 Å². The highest BCUT2D eigenvalue weighted by molar-refractivity contribution is 7.89. The van der Waals surface area contributed by atoms with Crippen molar-refractivity contribution in [2.75, 3.05) is 16.8 Å². The van der Waals surface area contributed by atoms with Crippen molar-refractivity contribution < 1.29 is 26.8 Å². The van der Waals surface area contributed by atoms with Gasteiger partial charge in [-0.3, -0.25) is 9.59 Å². The van der Waals surface area contributed by atoms with Crippen molar-refractivity contribution in [2.45, 2.75) is 37.6 Å². The minimum absolute atomic E-state index is 0.0313. The summed E-state index contributed by atoms with van der Waals surface area (Å²) in [6.45, 7) is 3.14. The van der Waals surface area contributed by atoms with E-state index in [1.807, 2.05) is 6.92 Å². The van der Waals surface area contributed by atoms with Crippen molar-refractivity contribution in [3.63, 3.8) is 0 Å². The van der Waals surface area contributed by atoms with Crippen molar-refractivity contribution in [1.82, 2.24) is 4.72 Å². The molecule has 10 heteroatoms. The van der Waals surface area contributed by atoms with Crippen molar-refractivity contribution >= 4 is 33.2 Å². The smallest absolute Gasteiger partial charge is 0.240 e. The number of halogens is 2. The van der Waals surface area contributed by atoms with Gasteiger partial charge in [0.1, 0.15) is 11.6 Å². The van der Waals surface area contributed by atoms with E-state index in [1.54, 1.807) is 11.0 Å². The zero-order valence-corrected chi connectivity index (χ0v) is 17.2. The minimum Gasteiger partial charge on any atom is -0.324 e. The molecule has 0 saturated heterocycles. The molecule has 0 fully saturated rings. The van der Waals surface area contributed by atoms with Crippen LogP contribution in [0.4, 0.5) is 20.2 Å². The Morgan fingerprint density at radius 3 is 2.57 bits per heavy atom. The van der Waals surface area contributed by atoms with E-state index in [0.29, 0.717) is 18.2 Å². The van der Waals surface area contributed by atoms with Gasteiger partial charge in [0.2, 0.25) is 21.8 Å². The number of sulfonamides is 1. The summed E-state index contributed by atoms with van der Waals surface area (Å²) in [7, 11) is -3.88. The predicted molar refractivity (Wildman–Crippen MR) is 108 cm³/mol. The fourth-order valence-electron chi connectivity index (χ4n) is 3.44. The molecule has 0 saturated carbocycles. The zero-order valence-electron chi connectivity index (χ0n) is 16.4. The number of hydrogen-bond acceptors (Lipinski definition) is 4. The topological polar surface area (TPSA) is 95.6 Å². The van der Waals surface area contributed by atoms with Gasteiger partial charge in [-0.1, -0.05) is 0 Å². The summed E-state index contributed by atoms with van der Waals surface area (Å²) in [6, 6.07) is 7.19. The molecule has 0 aliphatic carbocycles. The number of nitrogens with zero attached hydrogens (tertiary/aromatic N) is 1. The first-order valence-corrected chi connectivity index (χ1v) is 10.7.